The summed E-state index contributed by atoms with van der Waals surface area (Å²) in [5.74, 6) is 2.75. The summed E-state index contributed by atoms with van der Waals surface area (Å²) in [6.45, 7) is 5.95. The molecule has 0 fully saturated rings. The van der Waals surface area contributed by atoms with Crippen LogP contribution in [-0.4, -0.2) is 108 Å². The molecule has 65 heavy (non-hydrogen) atoms. The number of rotatable bonds is 12. The van der Waals surface area contributed by atoms with Crippen molar-refractivity contribution >= 4 is 93.9 Å². The van der Waals surface area contributed by atoms with E-state index < -0.39 is 5.60 Å². The van der Waals surface area contributed by atoms with E-state index in [4.69, 9.17) is 24.2 Å². The summed E-state index contributed by atoms with van der Waals surface area (Å²) in [6.07, 6.45) is 3.62. The minimum atomic E-state index is -0.924. The number of ether oxygens (including phenoxy) is 3. The van der Waals surface area contributed by atoms with E-state index in [1.165, 1.54) is 27.3 Å². The van der Waals surface area contributed by atoms with E-state index in [2.05, 4.69) is 88.4 Å². The van der Waals surface area contributed by atoms with Crippen LogP contribution in [0.5, 0.6) is 0 Å². The molecule has 0 atom stereocenters. The number of benzene rings is 4. The maximum atomic E-state index is 11.9. The van der Waals surface area contributed by atoms with Gasteiger partial charge in [0.15, 0.2) is 11.6 Å². The monoisotopic (exact) mass is 982 g/mol. The molecular formula is C48H47BrMgN8O5S2. The van der Waals surface area contributed by atoms with Crippen molar-refractivity contribution in [3.05, 3.63) is 127 Å². The summed E-state index contributed by atoms with van der Waals surface area (Å²) in [6, 6.07) is 28.2. The summed E-state index contributed by atoms with van der Waals surface area (Å²) < 4.78 is 22.2. The molecule has 330 valence electrons. The fraction of sp³-hybridized carbons (Fsp3) is 0.208. The fourth-order valence-electron chi connectivity index (χ4n) is 7.51. The predicted molar refractivity (Wildman–Crippen MR) is 259 cm³/mol. The van der Waals surface area contributed by atoms with Crippen LogP contribution >= 0.6 is 22.7 Å². The van der Waals surface area contributed by atoms with Crippen LogP contribution in [0.15, 0.2) is 108 Å². The summed E-state index contributed by atoms with van der Waals surface area (Å²) in [5, 5.41) is 17.0. The van der Waals surface area contributed by atoms with Gasteiger partial charge in [0.1, 0.15) is 23.0 Å². The Morgan fingerprint density at radius 1 is 0.692 bits per heavy atom. The molecule has 0 bridgehead atoms. The topological polar surface area (TPSA) is 158 Å². The Morgan fingerprint density at radius 3 is 1.66 bits per heavy atom. The summed E-state index contributed by atoms with van der Waals surface area (Å²) in [7, 11) is 4.73. The number of hydrogen-bond acceptors (Lipinski definition) is 11. The minimum Gasteiger partial charge on any atom is -1.00 e. The van der Waals surface area contributed by atoms with Crippen LogP contribution in [0.3, 0.4) is 0 Å². The first-order chi connectivity index (χ1) is 30.1. The summed E-state index contributed by atoms with van der Waals surface area (Å²) >= 11 is 3.46. The molecule has 0 spiro atoms. The van der Waals surface area contributed by atoms with E-state index in [1.807, 2.05) is 30.5 Å². The molecule has 0 unspecified atom stereocenters. The second kappa shape index (κ2) is 20.9. The van der Waals surface area contributed by atoms with Gasteiger partial charge in [0, 0.05) is 47.8 Å². The van der Waals surface area contributed by atoms with E-state index >= 15 is 0 Å². The first-order valence-electron chi connectivity index (χ1n) is 20.0. The molecule has 10 rings (SSSR count). The Morgan fingerprint density at radius 2 is 1.18 bits per heavy atom. The quantitative estimate of drug-likeness (QED) is 0.0667. The largest absolute Gasteiger partial charge is 2.00 e. The van der Waals surface area contributed by atoms with Gasteiger partial charge in [-0.05, 0) is 120 Å². The molecule has 13 nitrogen and oxygen atoms in total. The number of carbonyl (C=O) groups is 1. The molecule has 0 radical (unpaired) electrons. The van der Waals surface area contributed by atoms with E-state index in [-0.39, 0.29) is 53.4 Å². The van der Waals surface area contributed by atoms with Crippen LogP contribution in [-0.2, 0) is 32.9 Å². The number of methoxy groups -OCH3 is 3. The Kier molecular flexibility index (Phi) is 15.8. The van der Waals surface area contributed by atoms with Gasteiger partial charge in [-0.25, -0.2) is 24.7 Å². The van der Waals surface area contributed by atoms with Crippen LogP contribution in [0, 0.1) is 7.43 Å². The van der Waals surface area contributed by atoms with Gasteiger partial charge in [-0.15, -0.1) is 22.7 Å². The van der Waals surface area contributed by atoms with Crippen molar-refractivity contribution in [1.82, 2.24) is 39.0 Å². The average molecular weight is 984 g/mol. The molecule has 0 aliphatic rings. The van der Waals surface area contributed by atoms with Crippen LogP contribution in [0.2, 0.25) is 0 Å². The first-order valence-corrected chi connectivity index (χ1v) is 21.7. The van der Waals surface area contributed by atoms with Crippen molar-refractivity contribution < 1.29 is 41.1 Å². The molecule has 4 aromatic carbocycles. The second-order valence-electron chi connectivity index (χ2n) is 15.3. The van der Waals surface area contributed by atoms with Crippen LogP contribution in [0.25, 0.3) is 88.1 Å². The Labute approximate surface area is 410 Å². The van der Waals surface area contributed by atoms with Crippen LogP contribution in [0.4, 0.5) is 0 Å². The van der Waals surface area contributed by atoms with Gasteiger partial charge >= 0.3 is 29.0 Å². The van der Waals surface area contributed by atoms with Gasteiger partial charge in [0.05, 0.1) is 65.9 Å². The van der Waals surface area contributed by atoms with Crippen molar-refractivity contribution in [2.45, 2.75) is 32.5 Å². The number of imidazole rings is 4. The molecule has 0 aliphatic heterocycles. The maximum Gasteiger partial charge on any atom is 2.00 e. The van der Waals surface area contributed by atoms with E-state index in [9.17, 15) is 9.90 Å². The number of fused-ring (bicyclic) bond motifs is 4. The van der Waals surface area contributed by atoms with Crippen LogP contribution < -0.4 is 17.0 Å². The molecule has 6 aromatic heterocycles. The SMILES string of the molecule is COCCn1c(-c2cnc(-c3ccc4sccc4c3)[nH]2)nc2cc(C(=O)OC)ccc21.COCCn1c(-c2cnc(-c3ccc4sccc4c3)[nH]2)nc2cc(C(C)(C)O)ccc21.[Br-].[CH3-].[Mg+2]. The first kappa shape index (κ1) is 49.2. The number of H-pyrrole nitrogens is 2. The molecular weight excluding hydrogens is 937 g/mol. The number of carbonyl (C=O) groups excluding carboxylic acids is 1. The standard InChI is InChI=1S/C24H24N4O2S.C23H20N4O3S.CH3.BrH.Mg/c1-24(2,29)17-5-6-20-18(13-17)27-23(28(20)9-10-30-3)19-14-25-22(26-19)16-4-7-21-15(12-16)8-11-31-21;1-29-9-8-27-19-5-3-16(23(28)30-2)12-17(19)26-22(27)18-13-24-21(25-18)15-4-6-20-14(11-15)7-10-31-20;;;/h4-8,11-14,29H,9-10H2,1-3H3,(H,25,26);3-7,10-13H,8-9H2,1-2H3,(H,24,25);1H3;1H;/q;;-1;;+2/p-1. The number of aromatic nitrogens is 8. The number of thiophene rings is 2. The average Bonchev–Trinajstić information content (AvgIpc) is 4.15. The molecule has 0 saturated heterocycles. The van der Waals surface area contributed by atoms with Gasteiger partial charge < -0.3 is 62.8 Å². The molecule has 0 saturated carbocycles. The van der Waals surface area contributed by atoms with Gasteiger partial charge in [-0.3, -0.25) is 0 Å². The van der Waals surface area contributed by atoms with Crippen molar-refractivity contribution in [1.29, 1.82) is 0 Å². The maximum absolute atomic E-state index is 11.9. The number of hydrogen-bond donors (Lipinski definition) is 3. The number of esters is 1. The third-order valence-electron chi connectivity index (χ3n) is 10.7. The zero-order valence-electron chi connectivity index (χ0n) is 36.9. The molecule has 3 N–H and O–H groups in total. The third-order valence-corrected chi connectivity index (χ3v) is 12.5. The van der Waals surface area contributed by atoms with Crippen LogP contribution in [0.1, 0.15) is 29.8 Å². The van der Waals surface area contributed by atoms with Gasteiger partial charge in [-0.1, -0.05) is 6.07 Å². The zero-order valence-corrected chi connectivity index (χ0v) is 41.5. The molecule has 6 heterocycles. The third kappa shape index (κ3) is 10.1. The zero-order chi connectivity index (χ0) is 43.0. The minimum absolute atomic E-state index is 0. The fourth-order valence-corrected chi connectivity index (χ4v) is 9.05. The molecule has 17 heteroatoms. The number of halogens is 1. The normalized spacial score (nSPS) is 11.3. The summed E-state index contributed by atoms with van der Waals surface area (Å²) in [4.78, 5) is 37.7. The predicted octanol–water partition coefficient (Wildman–Crippen LogP) is 7.00. The number of aliphatic hydroxyl groups is 1. The van der Waals surface area contributed by atoms with E-state index in [0.717, 1.165) is 67.9 Å². The van der Waals surface area contributed by atoms with Crippen molar-refractivity contribution in [3.63, 3.8) is 0 Å². The van der Waals surface area contributed by atoms with E-state index in [0.29, 0.717) is 37.4 Å². The Balaban J connectivity index is 0.000000206. The number of nitrogens with one attached hydrogen (secondary N) is 2. The van der Waals surface area contributed by atoms with Gasteiger partial charge in [-0.2, -0.15) is 0 Å². The van der Waals surface area contributed by atoms with Crippen molar-refractivity contribution in [2.75, 3.05) is 34.5 Å². The molecule has 0 aliphatic carbocycles. The number of aromatic amines is 2. The smallest absolute Gasteiger partial charge is 1.00 e. The van der Waals surface area contributed by atoms with Crippen molar-refractivity contribution in [2.24, 2.45) is 0 Å². The molecule has 0 amide bonds. The Hall–Kier alpha value is -5.24. The number of nitrogens with zero attached hydrogens (tertiary/aromatic N) is 6. The van der Waals surface area contributed by atoms with E-state index in [1.54, 1.807) is 69.1 Å². The van der Waals surface area contributed by atoms with Gasteiger partial charge in [0.2, 0.25) is 0 Å². The molecule has 10 aromatic rings. The summed E-state index contributed by atoms with van der Waals surface area (Å²) in [5.41, 5.74) is 7.53. The van der Waals surface area contributed by atoms with Crippen molar-refractivity contribution in [3.8, 4) is 45.8 Å². The Bertz CT molecular complexity index is 3210. The second-order valence-corrected chi connectivity index (χ2v) is 17.2. The van der Waals surface area contributed by atoms with Gasteiger partial charge in [0.25, 0.3) is 0 Å².